The van der Waals surface area contributed by atoms with Gasteiger partial charge in [0, 0.05) is 19.2 Å². The third-order valence-electron chi connectivity index (χ3n) is 4.35. The Kier molecular flexibility index (Phi) is 8.41. The minimum absolute atomic E-state index is 0. The number of carbonyl (C=O) groups is 1. The Morgan fingerprint density at radius 2 is 1.67 bits per heavy atom. The van der Waals surface area contributed by atoms with Gasteiger partial charge < -0.3 is 20.5 Å². The number of para-hydroxylation sites is 1. The second kappa shape index (κ2) is 11.0. The summed E-state index contributed by atoms with van der Waals surface area (Å²) in [5, 5.41) is 10.3. The fraction of sp³-hybridized carbons (Fsp3) is 0.130. The molecule has 0 bridgehead atoms. The molecule has 0 spiro atoms. The average Bonchev–Trinajstić information content (AvgIpc) is 2.74. The van der Waals surface area contributed by atoms with Gasteiger partial charge in [-0.1, -0.05) is 54.6 Å². The lowest BCUT2D eigenvalue weighted by Crippen LogP contribution is -2.30. The molecule has 6 nitrogen and oxygen atoms in total. The van der Waals surface area contributed by atoms with Gasteiger partial charge in [0.2, 0.25) is 0 Å². The van der Waals surface area contributed by atoms with Crippen LogP contribution in [0.25, 0.3) is 0 Å². The van der Waals surface area contributed by atoms with Gasteiger partial charge in [0.25, 0.3) is 5.91 Å². The van der Waals surface area contributed by atoms with Crippen molar-refractivity contribution in [3.8, 4) is 11.5 Å². The van der Waals surface area contributed by atoms with Gasteiger partial charge in [0.1, 0.15) is 17.3 Å². The number of halogens is 1. The Hall–Kier alpha value is -3.35. The second-order valence-corrected chi connectivity index (χ2v) is 6.43. The van der Waals surface area contributed by atoms with Gasteiger partial charge in [-0.15, -0.1) is 12.4 Å². The predicted molar refractivity (Wildman–Crippen MR) is 119 cm³/mol. The molecule has 0 aliphatic carbocycles. The summed E-state index contributed by atoms with van der Waals surface area (Å²) >= 11 is 0. The lowest BCUT2D eigenvalue weighted by atomic mass is 10.1. The molecule has 0 fully saturated rings. The van der Waals surface area contributed by atoms with Gasteiger partial charge in [-0.05, 0) is 35.4 Å². The van der Waals surface area contributed by atoms with Crippen molar-refractivity contribution in [3.63, 3.8) is 0 Å². The molecule has 0 heterocycles. The van der Waals surface area contributed by atoms with E-state index in [-0.39, 0.29) is 24.1 Å². The van der Waals surface area contributed by atoms with Gasteiger partial charge in [-0.3, -0.25) is 10.2 Å². The normalized spacial score (nSPS) is 11.1. The number of rotatable bonds is 8. The summed E-state index contributed by atoms with van der Waals surface area (Å²) in [5.74, 6) is 1.11. The van der Waals surface area contributed by atoms with Crippen molar-refractivity contribution < 1.29 is 14.3 Å². The largest absolute Gasteiger partial charge is 0.457 e. The number of benzene rings is 3. The molecule has 1 atom stereocenters. The lowest BCUT2D eigenvalue weighted by molar-refractivity contribution is -0.131. The summed E-state index contributed by atoms with van der Waals surface area (Å²) in [7, 11) is 1.50. The maximum absolute atomic E-state index is 12.7. The number of hydrogen-bond donors (Lipinski definition) is 3. The van der Waals surface area contributed by atoms with Crippen molar-refractivity contribution in [2.45, 2.75) is 12.6 Å². The van der Waals surface area contributed by atoms with Gasteiger partial charge in [-0.2, -0.15) is 0 Å². The minimum Gasteiger partial charge on any atom is -0.457 e. The summed E-state index contributed by atoms with van der Waals surface area (Å²) in [4.78, 5) is 12.7. The van der Waals surface area contributed by atoms with Gasteiger partial charge >= 0.3 is 0 Å². The maximum Gasteiger partial charge on any atom is 0.254 e. The first-order chi connectivity index (χ1) is 14.1. The zero-order valence-electron chi connectivity index (χ0n) is 16.5. The number of nitrogens with two attached hydrogens (primary N) is 1. The van der Waals surface area contributed by atoms with Crippen LogP contribution >= 0.6 is 12.4 Å². The molecule has 0 saturated carbocycles. The van der Waals surface area contributed by atoms with E-state index in [1.54, 1.807) is 18.2 Å². The SMILES string of the molecule is COC(C(=O)NCc1ccc(C(=N)N)cc1)c1cccc(Oc2ccccc2)c1.Cl. The van der Waals surface area contributed by atoms with Crippen molar-refractivity contribution in [1.29, 1.82) is 5.41 Å². The fourth-order valence-electron chi connectivity index (χ4n) is 2.84. The number of carbonyl (C=O) groups excluding carboxylic acids is 1. The van der Waals surface area contributed by atoms with E-state index < -0.39 is 6.10 Å². The number of nitrogen functional groups attached to an aromatic ring is 1. The zero-order valence-corrected chi connectivity index (χ0v) is 17.3. The Morgan fingerprint density at radius 3 is 2.30 bits per heavy atom. The molecular weight excluding hydrogens is 402 g/mol. The maximum atomic E-state index is 12.7. The summed E-state index contributed by atoms with van der Waals surface area (Å²) in [6.45, 7) is 0.344. The van der Waals surface area contributed by atoms with Crippen molar-refractivity contribution in [3.05, 3.63) is 95.6 Å². The van der Waals surface area contributed by atoms with E-state index in [1.165, 1.54) is 7.11 Å². The quantitative estimate of drug-likeness (QED) is 0.372. The van der Waals surface area contributed by atoms with Crippen LogP contribution in [0.3, 0.4) is 0 Å². The molecule has 0 aliphatic heterocycles. The molecule has 3 rings (SSSR count). The summed E-state index contributed by atoms with van der Waals surface area (Å²) in [5.41, 5.74) is 7.70. The first-order valence-electron chi connectivity index (χ1n) is 9.13. The number of methoxy groups -OCH3 is 1. The average molecular weight is 426 g/mol. The molecule has 0 aliphatic rings. The molecule has 0 aromatic heterocycles. The van der Waals surface area contributed by atoms with E-state index >= 15 is 0 Å². The number of amides is 1. The van der Waals surface area contributed by atoms with Crippen LogP contribution in [0.2, 0.25) is 0 Å². The van der Waals surface area contributed by atoms with Gasteiger partial charge in [0.05, 0.1) is 0 Å². The number of hydrogen-bond acceptors (Lipinski definition) is 4. The fourth-order valence-corrected chi connectivity index (χ4v) is 2.84. The minimum atomic E-state index is -0.759. The summed E-state index contributed by atoms with van der Waals surface area (Å²) in [6.07, 6.45) is -0.759. The van der Waals surface area contributed by atoms with Crippen molar-refractivity contribution in [2.75, 3.05) is 7.11 Å². The van der Waals surface area contributed by atoms with Crippen LogP contribution in [0.4, 0.5) is 0 Å². The number of amidine groups is 1. The summed E-state index contributed by atoms with van der Waals surface area (Å²) < 4.78 is 11.3. The second-order valence-electron chi connectivity index (χ2n) is 6.43. The Balaban J connectivity index is 0.00000320. The predicted octanol–water partition coefficient (Wildman–Crippen LogP) is 4.19. The van der Waals surface area contributed by atoms with Crippen LogP contribution in [0.1, 0.15) is 22.8 Å². The molecule has 0 saturated heterocycles. The molecule has 1 amide bonds. The van der Waals surface area contributed by atoms with Crippen molar-refractivity contribution in [1.82, 2.24) is 5.32 Å². The highest BCUT2D eigenvalue weighted by Crippen LogP contribution is 2.26. The van der Waals surface area contributed by atoms with Crippen molar-refractivity contribution in [2.24, 2.45) is 5.73 Å². The molecule has 3 aromatic rings. The molecule has 1 unspecified atom stereocenters. The Labute approximate surface area is 181 Å². The molecule has 7 heteroatoms. The third-order valence-corrected chi connectivity index (χ3v) is 4.35. The molecule has 30 heavy (non-hydrogen) atoms. The molecular formula is C23H24ClN3O3. The van der Waals surface area contributed by atoms with E-state index in [2.05, 4.69) is 5.32 Å². The van der Waals surface area contributed by atoms with Crippen LogP contribution in [-0.4, -0.2) is 18.9 Å². The Morgan fingerprint density at radius 1 is 1.00 bits per heavy atom. The molecule has 4 N–H and O–H groups in total. The van der Waals surface area contributed by atoms with Gasteiger partial charge in [-0.25, -0.2) is 0 Å². The summed E-state index contributed by atoms with van der Waals surface area (Å²) in [6, 6.07) is 23.9. The van der Waals surface area contributed by atoms with Crippen LogP contribution < -0.4 is 15.8 Å². The van der Waals surface area contributed by atoms with Gasteiger partial charge in [0.15, 0.2) is 6.10 Å². The van der Waals surface area contributed by atoms with Crippen LogP contribution in [-0.2, 0) is 16.1 Å². The molecule has 156 valence electrons. The van der Waals surface area contributed by atoms with E-state index in [9.17, 15) is 4.79 Å². The first kappa shape index (κ1) is 22.9. The van der Waals surface area contributed by atoms with Crippen LogP contribution in [0.5, 0.6) is 11.5 Å². The number of ether oxygens (including phenoxy) is 2. The third kappa shape index (κ3) is 6.07. The van der Waals surface area contributed by atoms with Crippen LogP contribution in [0, 0.1) is 5.41 Å². The number of nitrogens with one attached hydrogen (secondary N) is 2. The highest BCUT2D eigenvalue weighted by Gasteiger charge is 2.20. The topological polar surface area (TPSA) is 97.4 Å². The Bertz CT molecular complexity index is 978. The smallest absolute Gasteiger partial charge is 0.254 e. The highest BCUT2D eigenvalue weighted by molar-refractivity contribution is 5.94. The van der Waals surface area contributed by atoms with Crippen molar-refractivity contribution >= 4 is 24.1 Å². The van der Waals surface area contributed by atoms with E-state index in [1.807, 2.05) is 60.7 Å². The molecule has 3 aromatic carbocycles. The van der Waals surface area contributed by atoms with E-state index in [4.69, 9.17) is 20.6 Å². The first-order valence-corrected chi connectivity index (χ1v) is 9.13. The standard InChI is InChI=1S/C23H23N3O3.ClH/c1-28-21(23(27)26-15-16-10-12-17(13-11-16)22(24)25)18-6-5-9-20(14-18)29-19-7-3-2-4-8-19;/h2-14,21H,15H2,1H3,(H3,24,25)(H,26,27);1H. The lowest BCUT2D eigenvalue weighted by Gasteiger charge is -2.17. The monoisotopic (exact) mass is 425 g/mol. The van der Waals surface area contributed by atoms with Crippen LogP contribution in [0.15, 0.2) is 78.9 Å². The highest BCUT2D eigenvalue weighted by atomic mass is 35.5. The zero-order chi connectivity index (χ0) is 20.6. The van der Waals surface area contributed by atoms with E-state index in [0.717, 1.165) is 11.3 Å². The molecule has 0 radical (unpaired) electrons. The van der Waals surface area contributed by atoms with E-state index in [0.29, 0.717) is 23.4 Å².